The van der Waals surface area contributed by atoms with Crippen LogP contribution in [-0.2, 0) is 0 Å². The second-order valence-electron chi connectivity index (χ2n) is 3.93. The summed E-state index contributed by atoms with van der Waals surface area (Å²) in [5.41, 5.74) is 6.69. The summed E-state index contributed by atoms with van der Waals surface area (Å²) in [5, 5.41) is 1.11. The predicted octanol–water partition coefficient (Wildman–Crippen LogP) is 2.24. The van der Waals surface area contributed by atoms with Gasteiger partial charge in [-0.15, -0.1) is 11.3 Å². The van der Waals surface area contributed by atoms with Crippen molar-refractivity contribution in [2.75, 3.05) is 0 Å². The minimum Gasteiger partial charge on any atom is -0.271 e. The Bertz CT molecular complexity index is 646. The summed E-state index contributed by atoms with van der Waals surface area (Å²) in [4.78, 5) is 9.63. The number of thiazole rings is 1. The second kappa shape index (κ2) is 4.81. The number of benzene rings is 1. The van der Waals surface area contributed by atoms with Crippen LogP contribution >= 0.6 is 11.3 Å². The summed E-state index contributed by atoms with van der Waals surface area (Å²) < 4.78 is 0. The first-order valence-corrected chi connectivity index (χ1v) is 6.46. The number of pyridine rings is 1. The maximum atomic E-state index is 5.69. The van der Waals surface area contributed by atoms with Gasteiger partial charge in [-0.3, -0.25) is 15.8 Å². The zero-order valence-corrected chi connectivity index (χ0v) is 10.4. The molecule has 0 saturated heterocycles. The van der Waals surface area contributed by atoms with Crippen molar-refractivity contribution < 1.29 is 0 Å². The molecule has 0 aliphatic rings. The van der Waals surface area contributed by atoms with Gasteiger partial charge in [-0.05, 0) is 6.07 Å². The number of hydrogen-bond donors (Lipinski definition) is 2. The van der Waals surface area contributed by atoms with Gasteiger partial charge in [0.1, 0.15) is 0 Å². The monoisotopic (exact) mass is 256 g/mol. The highest BCUT2D eigenvalue weighted by Crippen LogP contribution is 2.28. The number of nitrogens with two attached hydrogens (primary N) is 1. The van der Waals surface area contributed by atoms with E-state index in [1.807, 2.05) is 36.5 Å². The summed E-state index contributed by atoms with van der Waals surface area (Å²) in [6.07, 6.45) is 3.63. The molecule has 0 aliphatic heterocycles. The van der Waals surface area contributed by atoms with Gasteiger partial charge in [0, 0.05) is 28.2 Å². The molecule has 0 saturated carbocycles. The SMILES string of the molecule is NNC(c1cncs1)c1cccc2cccnc12. The molecule has 1 atom stereocenters. The molecule has 0 radical (unpaired) electrons. The Balaban J connectivity index is 2.18. The molecule has 90 valence electrons. The Morgan fingerprint density at radius 1 is 1.22 bits per heavy atom. The highest BCUT2D eigenvalue weighted by atomic mass is 32.1. The van der Waals surface area contributed by atoms with Crippen LogP contribution in [0.4, 0.5) is 0 Å². The van der Waals surface area contributed by atoms with Crippen LogP contribution in [0.15, 0.2) is 48.2 Å². The van der Waals surface area contributed by atoms with Crippen LogP contribution in [0.1, 0.15) is 16.5 Å². The van der Waals surface area contributed by atoms with Gasteiger partial charge < -0.3 is 0 Å². The van der Waals surface area contributed by atoms with Crippen LogP contribution in [0.5, 0.6) is 0 Å². The van der Waals surface area contributed by atoms with Gasteiger partial charge >= 0.3 is 0 Å². The molecule has 2 aromatic heterocycles. The minimum absolute atomic E-state index is 0.0731. The standard InChI is InChI=1S/C13H12N4S/c14-17-13(11-7-15-8-18-11)10-5-1-3-9-4-2-6-16-12(9)10/h1-8,13,17H,14H2. The average Bonchev–Trinajstić information content (AvgIpc) is 2.94. The fourth-order valence-electron chi connectivity index (χ4n) is 2.05. The topological polar surface area (TPSA) is 63.8 Å². The number of hydrazine groups is 1. The van der Waals surface area contributed by atoms with E-state index in [1.165, 1.54) is 0 Å². The molecule has 3 rings (SSSR count). The second-order valence-corrected chi connectivity index (χ2v) is 4.84. The van der Waals surface area contributed by atoms with Crippen molar-refractivity contribution in [1.29, 1.82) is 0 Å². The van der Waals surface area contributed by atoms with Crippen LogP contribution in [0, 0.1) is 0 Å². The van der Waals surface area contributed by atoms with E-state index in [4.69, 9.17) is 5.84 Å². The molecule has 5 heteroatoms. The zero-order valence-electron chi connectivity index (χ0n) is 9.58. The highest BCUT2D eigenvalue weighted by molar-refractivity contribution is 7.09. The van der Waals surface area contributed by atoms with E-state index < -0.39 is 0 Å². The molecule has 18 heavy (non-hydrogen) atoms. The maximum Gasteiger partial charge on any atom is 0.0839 e. The summed E-state index contributed by atoms with van der Waals surface area (Å²) in [6.45, 7) is 0. The molecule has 2 heterocycles. The predicted molar refractivity (Wildman–Crippen MR) is 73.0 cm³/mol. The molecule has 4 nitrogen and oxygen atoms in total. The van der Waals surface area contributed by atoms with Gasteiger partial charge in [-0.1, -0.05) is 24.3 Å². The van der Waals surface area contributed by atoms with Crippen molar-refractivity contribution in [3.05, 3.63) is 58.7 Å². The number of nitrogens with zero attached hydrogens (tertiary/aromatic N) is 2. The Morgan fingerprint density at radius 2 is 2.11 bits per heavy atom. The fourth-order valence-corrected chi connectivity index (χ4v) is 2.75. The summed E-state index contributed by atoms with van der Waals surface area (Å²) in [5.74, 6) is 5.69. The number of fused-ring (bicyclic) bond motifs is 1. The Hall–Kier alpha value is -1.82. The third kappa shape index (κ3) is 1.88. The summed E-state index contributed by atoms with van der Waals surface area (Å²) in [7, 11) is 0. The molecular formula is C13H12N4S. The van der Waals surface area contributed by atoms with Crippen molar-refractivity contribution in [1.82, 2.24) is 15.4 Å². The number of aromatic nitrogens is 2. The van der Waals surface area contributed by atoms with E-state index in [2.05, 4.69) is 15.4 Å². The Labute approximate surface area is 108 Å². The van der Waals surface area contributed by atoms with Crippen LogP contribution in [-0.4, -0.2) is 9.97 Å². The molecule has 0 aliphatic carbocycles. The van der Waals surface area contributed by atoms with Crippen molar-refractivity contribution in [2.24, 2.45) is 5.84 Å². The van der Waals surface area contributed by atoms with E-state index in [-0.39, 0.29) is 6.04 Å². The summed E-state index contributed by atoms with van der Waals surface area (Å²) in [6, 6.07) is 10.0. The lowest BCUT2D eigenvalue weighted by atomic mass is 10.0. The number of nitrogens with one attached hydrogen (secondary N) is 1. The zero-order chi connectivity index (χ0) is 12.4. The fraction of sp³-hybridized carbons (Fsp3) is 0.0769. The quantitative estimate of drug-likeness (QED) is 0.557. The Kier molecular flexibility index (Phi) is 3.02. The normalized spacial score (nSPS) is 12.7. The molecular weight excluding hydrogens is 244 g/mol. The number of hydrogen-bond acceptors (Lipinski definition) is 5. The summed E-state index contributed by atoms with van der Waals surface area (Å²) >= 11 is 1.58. The Morgan fingerprint density at radius 3 is 2.89 bits per heavy atom. The minimum atomic E-state index is -0.0731. The molecule has 0 amide bonds. The van der Waals surface area contributed by atoms with Gasteiger partial charge in [0.25, 0.3) is 0 Å². The van der Waals surface area contributed by atoms with Crippen molar-refractivity contribution >= 4 is 22.2 Å². The van der Waals surface area contributed by atoms with Crippen molar-refractivity contribution in [3.8, 4) is 0 Å². The lowest BCUT2D eigenvalue weighted by Crippen LogP contribution is -2.28. The molecule has 1 aromatic carbocycles. The van der Waals surface area contributed by atoms with E-state index in [0.717, 1.165) is 21.3 Å². The van der Waals surface area contributed by atoms with Gasteiger partial charge in [-0.25, -0.2) is 5.43 Å². The maximum absolute atomic E-state index is 5.69. The lowest BCUT2D eigenvalue weighted by Gasteiger charge is -2.15. The smallest absolute Gasteiger partial charge is 0.0839 e. The first kappa shape index (κ1) is 11.3. The number of rotatable bonds is 3. The van der Waals surface area contributed by atoms with Crippen molar-refractivity contribution in [2.45, 2.75) is 6.04 Å². The van der Waals surface area contributed by atoms with Crippen LogP contribution in [0.3, 0.4) is 0 Å². The van der Waals surface area contributed by atoms with Crippen molar-refractivity contribution in [3.63, 3.8) is 0 Å². The van der Waals surface area contributed by atoms with Crippen LogP contribution in [0.2, 0.25) is 0 Å². The van der Waals surface area contributed by atoms with E-state index in [1.54, 1.807) is 23.0 Å². The first-order valence-electron chi connectivity index (χ1n) is 5.58. The van der Waals surface area contributed by atoms with E-state index in [9.17, 15) is 0 Å². The number of para-hydroxylation sites is 1. The molecule has 0 bridgehead atoms. The van der Waals surface area contributed by atoms with Gasteiger partial charge in [-0.2, -0.15) is 0 Å². The molecule has 3 N–H and O–H groups in total. The molecule has 3 aromatic rings. The molecule has 0 fully saturated rings. The highest BCUT2D eigenvalue weighted by Gasteiger charge is 2.16. The van der Waals surface area contributed by atoms with Crippen LogP contribution < -0.4 is 11.3 Å². The van der Waals surface area contributed by atoms with E-state index in [0.29, 0.717) is 0 Å². The third-order valence-electron chi connectivity index (χ3n) is 2.88. The molecule has 1 unspecified atom stereocenters. The van der Waals surface area contributed by atoms with Gasteiger partial charge in [0.05, 0.1) is 17.1 Å². The average molecular weight is 256 g/mol. The lowest BCUT2D eigenvalue weighted by molar-refractivity contribution is 0.648. The third-order valence-corrected chi connectivity index (χ3v) is 3.72. The largest absolute Gasteiger partial charge is 0.271 e. The van der Waals surface area contributed by atoms with Gasteiger partial charge in [0.2, 0.25) is 0 Å². The molecule has 0 spiro atoms. The van der Waals surface area contributed by atoms with E-state index >= 15 is 0 Å². The van der Waals surface area contributed by atoms with Gasteiger partial charge in [0.15, 0.2) is 0 Å². The first-order chi connectivity index (χ1) is 8.90. The van der Waals surface area contributed by atoms with Crippen LogP contribution in [0.25, 0.3) is 10.9 Å².